The smallest absolute Gasteiger partial charge is 0.309 e. The molecule has 4 aliphatic rings. The zero-order chi connectivity index (χ0) is 23.3. The Balaban J connectivity index is 1.62. The Morgan fingerprint density at radius 1 is 1.00 bits per heavy atom. The van der Waals surface area contributed by atoms with Gasteiger partial charge >= 0.3 is 17.9 Å². The van der Waals surface area contributed by atoms with Crippen LogP contribution in [0.4, 0.5) is 0 Å². The van der Waals surface area contributed by atoms with Gasteiger partial charge in [-0.15, -0.1) is 0 Å². The van der Waals surface area contributed by atoms with Crippen molar-refractivity contribution in [1.29, 1.82) is 0 Å². The first-order chi connectivity index (χ1) is 15.0. The molecule has 0 spiro atoms. The largest absolute Gasteiger partial charge is 0.469 e. The van der Waals surface area contributed by atoms with Crippen LogP contribution in [-0.2, 0) is 28.6 Å². The fraction of sp³-hybridized carbons (Fsp3) is 0.808. The number of carbonyl (C=O) groups excluding carboxylic acids is 3. The Bertz CT molecular complexity index is 832. The summed E-state index contributed by atoms with van der Waals surface area (Å²) in [5.74, 6) is 0.676. The van der Waals surface area contributed by atoms with Crippen LogP contribution in [0.1, 0.15) is 85.5 Å². The predicted molar refractivity (Wildman–Crippen MR) is 118 cm³/mol. The second kappa shape index (κ2) is 8.18. The van der Waals surface area contributed by atoms with Crippen molar-refractivity contribution in [1.82, 2.24) is 0 Å². The van der Waals surface area contributed by atoms with E-state index in [4.69, 9.17) is 14.2 Å². The van der Waals surface area contributed by atoms with Gasteiger partial charge in [-0.05, 0) is 68.1 Å². The number of methoxy groups -OCH3 is 1. The molecule has 0 amide bonds. The summed E-state index contributed by atoms with van der Waals surface area (Å²) in [4.78, 5) is 35.9. The van der Waals surface area contributed by atoms with E-state index in [1.54, 1.807) is 0 Å². The van der Waals surface area contributed by atoms with Gasteiger partial charge in [-0.25, -0.2) is 0 Å². The highest BCUT2D eigenvalue weighted by Gasteiger charge is 2.66. The molecule has 4 aliphatic carbocycles. The van der Waals surface area contributed by atoms with Crippen molar-refractivity contribution in [3.05, 3.63) is 11.6 Å². The van der Waals surface area contributed by atoms with Crippen molar-refractivity contribution < 1.29 is 28.6 Å². The lowest BCUT2D eigenvalue weighted by Crippen LogP contribution is -2.56. The molecule has 0 bridgehead atoms. The standard InChI is InChI=1S/C26H38O6/c1-16(27)31-19-8-11-24(3)18(14-19)6-7-20-21(24)9-12-25(4)22(20)10-13-26(25,32-17(2)28)15-23(29)30-5/h6,19-22H,7-15H2,1-5H3/t19-,20-,21+,22-,24+,25+,26-/m1/s1. The lowest BCUT2D eigenvalue weighted by molar-refractivity contribution is -0.188. The molecule has 3 saturated carbocycles. The molecule has 0 aromatic heterocycles. The summed E-state index contributed by atoms with van der Waals surface area (Å²) in [6.07, 6.45) is 10.1. The lowest BCUT2D eigenvalue weighted by Gasteiger charge is -2.59. The zero-order valence-electron chi connectivity index (χ0n) is 20.2. The molecule has 7 atom stereocenters. The molecule has 0 unspecified atom stereocenters. The predicted octanol–water partition coefficient (Wildman–Crippen LogP) is 4.75. The summed E-state index contributed by atoms with van der Waals surface area (Å²) in [5.41, 5.74) is 0.582. The first-order valence-corrected chi connectivity index (χ1v) is 12.2. The van der Waals surface area contributed by atoms with Gasteiger partial charge < -0.3 is 14.2 Å². The van der Waals surface area contributed by atoms with Crippen molar-refractivity contribution in [3.8, 4) is 0 Å². The highest BCUT2D eigenvalue weighted by molar-refractivity contribution is 5.73. The quantitative estimate of drug-likeness (QED) is 0.352. The molecule has 178 valence electrons. The number of hydrogen-bond donors (Lipinski definition) is 0. The number of hydrogen-bond acceptors (Lipinski definition) is 6. The molecule has 0 aromatic carbocycles. The number of rotatable bonds is 4. The van der Waals surface area contributed by atoms with Gasteiger partial charge in [0.1, 0.15) is 11.7 Å². The molecule has 6 nitrogen and oxygen atoms in total. The van der Waals surface area contributed by atoms with Gasteiger partial charge in [0.2, 0.25) is 0 Å². The van der Waals surface area contributed by atoms with E-state index in [0.717, 1.165) is 44.9 Å². The number of allylic oxidation sites excluding steroid dienone is 1. The van der Waals surface area contributed by atoms with Gasteiger partial charge in [0.25, 0.3) is 0 Å². The van der Waals surface area contributed by atoms with Crippen LogP contribution in [-0.4, -0.2) is 36.7 Å². The van der Waals surface area contributed by atoms with Crippen molar-refractivity contribution in [2.45, 2.75) is 97.2 Å². The molecule has 4 rings (SSSR count). The van der Waals surface area contributed by atoms with Crippen LogP contribution in [0.2, 0.25) is 0 Å². The number of carbonyl (C=O) groups is 3. The second-order valence-corrected chi connectivity index (χ2v) is 11.1. The van der Waals surface area contributed by atoms with Crippen molar-refractivity contribution in [3.63, 3.8) is 0 Å². The third-order valence-electron chi connectivity index (χ3n) is 9.68. The molecular weight excluding hydrogens is 408 g/mol. The van der Waals surface area contributed by atoms with Crippen LogP contribution >= 0.6 is 0 Å². The van der Waals surface area contributed by atoms with Crippen LogP contribution in [0.3, 0.4) is 0 Å². The highest BCUT2D eigenvalue weighted by Crippen LogP contribution is 2.68. The first-order valence-electron chi connectivity index (χ1n) is 12.2. The summed E-state index contributed by atoms with van der Waals surface area (Å²) in [7, 11) is 1.40. The highest BCUT2D eigenvalue weighted by atomic mass is 16.6. The minimum Gasteiger partial charge on any atom is -0.469 e. The van der Waals surface area contributed by atoms with E-state index < -0.39 is 5.60 Å². The second-order valence-electron chi connectivity index (χ2n) is 11.1. The van der Waals surface area contributed by atoms with Crippen LogP contribution in [0.15, 0.2) is 11.6 Å². The van der Waals surface area contributed by atoms with E-state index >= 15 is 0 Å². The lowest BCUT2D eigenvalue weighted by atomic mass is 9.46. The van der Waals surface area contributed by atoms with E-state index in [0.29, 0.717) is 24.2 Å². The van der Waals surface area contributed by atoms with E-state index in [9.17, 15) is 14.4 Å². The fourth-order valence-corrected chi connectivity index (χ4v) is 8.13. The average molecular weight is 447 g/mol. The van der Waals surface area contributed by atoms with E-state index in [-0.39, 0.29) is 41.3 Å². The maximum Gasteiger partial charge on any atom is 0.309 e. The van der Waals surface area contributed by atoms with Gasteiger partial charge in [0, 0.05) is 25.7 Å². The summed E-state index contributed by atoms with van der Waals surface area (Å²) in [5, 5.41) is 0. The number of ether oxygens (including phenoxy) is 3. The molecule has 0 N–H and O–H groups in total. The van der Waals surface area contributed by atoms with Crippen LogP contribution in [0, 0.1) is 28.6 Å². The maximum absolute atomic E-state index is 12.3. The Morgan fingerprint density at radius 3 is 2.38 bits per heavy atom. The summed E-state index contributed by atoms with van der Waals surface area (Å²) in [6.45, 7) is 7.58. The monoisotopic (exact) mass is 446 g/mol. The van der Waals surface area contributed by atoms with Gasteiger partial charge in [-0.2, -0.15) is 0 Å². The summed E-state index contributed by atoms with van der Waals surface area (Å²) in [6, 6.07) is 0. The van der Waals surface area contributed by atoms with E-state index in [1.807, 2.05) is 0 Å². The first kappa shape index (κ1) is 23.3. The molecule has 0 aliphatic heterocycles. The number of esters is 3. The maximum atomic E-state index is 12.3. The third kappa shape index (κ3) is 3.58. The minimum atomic E-state index is -0.778. The van der Waals surface area contributed by atoms with Crippen LogP contribution in [0.5, 0.6) is 0 Å². The van der Waals surface area contributed by atoms with Gasteiger partial charge in [-0.3, -0.25) is 14.4 Å². The van der Waals surface area contributed by atoms with E-state index in [2.05, 4.69) is 19.9 Å². The fourth-order valence-electron chi connectivity index (χ4n) is 8.13. The van der Waals surface area contributed by atoms with Crippen molar-refractivity contribution >= 4 is 17.9 Å². The molecule has 0 aromatic rings. The van der Waals surface area contributed by atoms with Gasteiger partial charge in [-0.1, -0.05) is 25.5 Å². The summed E-state index contributed by atoms with van der Waals surface area (Å²) >= 11 is 0. The normalized spacial score (nSPS) is 42.6. The zero-order valence-corrected chi connectivity index (χ0v) is 20.2. The van der Waals surface area contributed by atoms with Crippen molar-refractivity contribution in [2.75, 3.05) is 7.11 Å². The van der Waals surface area contributed by atoms with Gasteiger partial charge in [0.15, 0.2) is 0 Å². The molecule has 6 heteroatoms. The topological polar surface area (TPSA) is 78.9 Å². The minimum absolute atomic E-state index is 0.000356. The molecule has 0 radical (unpaired) electrons. The SMILES string of the molecule is COC(=O)C[C@]1(OC(C)=O)CC[C@@H]2[C@@H]3CC=C4C[C@H](OC(C)=O)CC[C@]4(C)[C@H]3CC[C@@]21C. The molecule has 0 heterocycles. The van der Waals surface area contributed by atoms with E-state index in [1.165, 1.54) is 26.5 Å². The summed E-state index contributed by atoms with van der Waals surface area (Å²) < 4.78 is 16.5. The average Bonchev–Trinajstić information content (AvgIpc) is 2.99. The molecule has 32 heavy (non-hydrogen) atoms. The molecular formula is C26H38O6. The Hall–Kier alpha value is -1.85. The van der Waals surface area contributed by atoms with Gasteiger partial charge in [0.05, 0.1) is 13.5 Å². The molecule has 3 fully saturated rings. The Kier molecular flexibility index (Phi) is 5.96. The van der Waals surface area contributed by atoms with Crippen LogP contribution in [0.25, 0.3) is 0 Å². The van der Waals surface area contributed by atoms with Crippen LogP contribution < -0.4 is 0 Å². The third-order valence-corrected chi connectivity index (χ3v) is 9.68. The Morgan fingerprint density at radius 2 is 1.72 bits per heavy atom. The molecule has 0 saturated heterocycles. The number of fused-ring (bicyclic) bond motifs is 5. The Labute approximate surface area is 191 Å². The van der Waals surface area contributed by atoms with Crippen molar-refractivity contribution in [2.24, 2.45) is 28.6 Å².